The van der Waals surface area contributed by atoms with Crippen molar-refractivity contribution >= 4 is 16.2 Å². The molecule has 0 N–H and O–H groups in total. The van der Waals surface area contributed by atoms with Crippen molar-refractivity contribution in [1.82, 2.24) is 0 Å². The second-order valence-electron chi connectivity index (χ2n) is 8.72. The van der Waals surface area contributed by atoms with E-state index in [1.54, 1.807) is 0 Å². The van der Waals surface area contributed by atoms with Crippen LogP contribution in [0.5, 0.6) is 0 Å². The zero-order chi connectivity index (χ0) is 20.4. The highest BCUT2D eigenvalue weighted by Gasteiger charge is 2.39. The fourth-order valence-corrected chi connectivity index (χ4v) is 4.83. The lowest BCUT2D eigenvalue weighted by molar-refractivity contribution is -0.149. The number of ether oxygens (including phenoxy) is 1. The van der Waals surface area contributed by atoms with Gasteiger partial charge in [-0.1, -0.05) is 105 Å². The lowest BCUT2D eigenvalue weighted by Gasteiger charge is -2.35. The van der Waals surface area contributed by atoms with Crippen molar-refractivity contribution < 1.29 is 9.53 Å². The van der Waals surface area contributed by atoms with Gasteiger partial charge in [0.2, 0.25) is 0 Å². The Kier molecular flexibility index (Phi) is 17.6. The molecule has 0 saturated carbocycles. The standard InChI is InChI=1S/C24H50O2Si/c1-5-9-11-13-15-17-20-22(19-7-3)24(27,8-4)23(25)26-21-18-16-14-12-10-6-2/h22H,5-21H2,1-4,27H3. The van der Waals surface area contributed by atoms with Gasteiger partial charge in [0.15, 0.2) is 0 Å². The lowest BCUT2D eigenvalue weighted by Crippen LogP contribution is -2.34. The normalized spacial score (nSPS) is 14.8. The zero-order valence-corrected chi connectivity index (χ0v) is 21.4. The maximum atomic E-state index is 12.9. The van der Waals surface area contributed by atoms with Crippen LogP contribution in [-0.2, 0) is 9.53 Å². The topological polar surface area (TPSA) is 26.3 Å². The predicted octanol–water partition coefficient (Wildman–Crippen LogP) is 6.99. The summed E-state index contributed by atoms with van der Waals surface area (Å²) in [4.78, 5) is 12.9. The summed E-state index contributed by atoms with van der Waals surface area (Å²) >= 11 is 0. The largest absolute Gasteiger partial charge is 0.466 e. The van der Waals surface area contributed by atoms with E-state index in [0.717, 1.165) is 23.1 Å². The van der Waals surface area contributed by atoms with Crippen LogP contribution in [0.25, 0.3) is 0 Å². The molecule has 0 amide bonds. The van der Waals surface area contributed by atoms with Crippen LogP contribution in [0, 0.1) is 5.92 Å². The first-order chi connectivity index (χ1) is 13.1. The van der Waals surface area contributed by atoms with Crippen molar-refractivity contribution in [1.29, 1.82) is 0 Å². The molecule has 0 fully saturated rings. The Hall–Kier alpha value is -0.313. The Morgan fingerprint density at radius 3 is 1.78 bits per heavy atom. The molecule has 0 saturated heterocycles. The molecule has 27 heavy (non-hydrogen) atoms. The molecule has 0 aliphatic carbocycles. The molecule has 2 atom stereocenters. The average molecular weight is 399 g/mol. The molecule has 2 nitrogen and oxygen atoms in total. The van der Waals surface area contributed by atoms with Gasteiger partial charge in [0.1, 0.15) is 0 Å². The summed E-state index contributed by atoms with van der Waals surface area (Å²) < 4.78 is 5.79. The van der Waals surface area contributed by atoms with Gasteiger partial charge in [-0.2, -0.15) is 0 Å². The second kappa shape index (κ2) is 17.8. The van der Waals surface area contributed by atoms with Crippen molar-refractivity contribution in [2.24, 2.45) is 5.92 Å². The van der Waals surface area contributed by atoms with E-state index in [9.17, 15) is 4.79 Å². The van der Waals surface area contributed by atoms with Gasteiger partial charge in [-0.25, -0.2) is 0 Å². The van der Waals surface area contributed by atoms with Gasteiger partial charge in [0, 0.05) is 10.2 Å². The summed E-state index contributed by atoms with van der Waals surface area (Å²) in [5, 5.41) is -0.165. The minimum atomic E-state index is -0.165. The minimum absolute atomic E-state index is 0.120. The van der Waals surface area contributed by atoms with Crippen molar-refractivity contribution in [3.63, 3.8) is 0 Å². The molecule has 0 heterocycles. The predicted molar refractivity (Wildman–Crippen MR) is 124 cm³/mol. The summed E-state index contributed by atoms with van der Waals surface area (Å²) in [6.45, 7) is 9.60. The SMILES string of the molecule is CCCCCCCCOC(=O)C([SiH3])(CC)C(CCC)CCCCCCCC. The first-order valence-corrected chi connectivity index (χ1v) is 13.2. The Morgan fingerprint density at radius 2 is 1.26 bits per heavy atom. The summed E-state index contributed by atoms with van der Waals surface area (Å²) in [5.41, 5.74) is 0. The van der Waals surface area contributed by atoms with E-state index in [2.05, 4.69) is 27.7 Å². The summed E-state index contributed by atoms with van der Waals surface area (Å²) in [5.74, 6) is 0.650. The summed E-state index contributed by atoms with van der Waals surface area (Å²) in [7, 11) is 0.917. The van der Waals surface area contributed by atoms with Crippen LogP contribution in [0.3, 0.4) is 0 Å². The number of hydrogen-bond acceptors (Lipinski definition) is 2. The first-order valence-electron chi connectivity index (χ1n) is 12.2. The van der Waals surface area contributed by atoms with Crippen molar-refractivity contribution in [3.05, 3.63) is 0 Å². The van der Waals surface area contributed by atoms with E-state index in [1.807, 2.05) is 0 Å². The highest BCUT2D eigenvalue weighted by Crippen LogP contribution is 2.43. The molecule has 0 aliphatic heterocycles. The lowest BCUT2D eigenvalue weighted by atomic mass is 9.81. The number of esters is 1. The highest BCUT2D eigenvalue weighted by atomic mass is 28.1. The number of rotatable bonds is 19. The second-order valence-corrected chi connectivity index (χ2v) is 10.5. The molecule has 0 spiro atoms. The molecule has 0 rings (SSSR count). The van der Waals surface area contributed by atoms with Crippen LogP contribution < -0.4 is 0 Å². The highest BCUT2D eigenvalue weighted by molar-refractivity contribution is 6.27. The minimum Gasteiger partial charge on any atom is -0.466 e. The Morgan fingerprint density at radius 1 is 0.741 bits per heavy atom. The van der Waals surface area contributed by atoms with E-state index < -0.39 is 0 Å². The Balaban J connectivity index is 4.35. The number of carbonyl (C=O) groups is 1. The molecule has 0 aliphatic rings. The molecule has 0 bridgehead atoms. The molecular formula is C24H50O2Si. The van der Waals surface area contributed by atoms with Crippen LogP contribution in [0.2, 0.25) is 5.04 Å². The third-order valence-corrected chi connectivity index (χ3v) is 8.31. The summed E-state index contributed by atoms with van der Waals surface area (Å²) in [6.07, 6.45) is 20.0. The van der Waals surface area contributed by atoms with E-state index >= 15 is 0 Å². The van der Waals surface area contributed by atoms with Crippen molar-refractivity contribution in [2.75, 3.05) is 6.61 Å². The maximum absolute atomic E-state index is 12.9. The maximum Gasteiger partial charge on any atom is 0.308 e. The van der Waals surface area contributed by atoms with Gasteiger partial charge in [0.25, 0.3) is 0 Å². The van der Waals surface area contributed by atoms with E-state index in [4.69, 9.17) is 4.74 Å². The van der Waals surface area contributed by atoms with E-state index in [1.165, 1.54) is 89.9 Å². The first kappa shape index (κ1) is 26.7. The van der Waals surface area contributed by atoms with Crippen LogP contribution in [0.1, 0.15) is 130 Å². The molecule has 0 radical (unpaired) electrons. The Bertz CT molecular complexity index is 345. The van der Waals surface area contributed by atoms with Crippen LogP contribution in [0.4, 0.5) is 0 Å². The third kappa shape index (κ3) is 12.0. The molecule has 0 aromatic rings. The van der Waals surface area contributed by atoms with Crippen molar-refractivity contribution in [2.45, 2.75) is 135 Å². The zero-order valence-electron chi connectivity index (χ0n) is 19.4. The van der Waals surface area contributed by atoms with Crippen LogP contribution >= 0.6 is 0 Å². The number of unbranched alkanes of at least 4 members (excludes halogenated alkanes) is 10. The molecular weight excluding hydrogens is 348 g/mol. The molecule has 0 aromatic carbocycles. The average Bonchev–Trinajstić information content (AvgIpc) is 2.68. The van der Waals surface area contributed by atoms with Gasteiger partial charge in [-0.15, -0.1) is 0 Å². The van der Waals surface area contributed by atoms with Gasteiger partial charge < -0.3 is 4.74 Å². The van der Waals surface area contributed by atoms with Crippen molar-refractivity contribution in [3.8, 4) is 0 Å². The van der Waals surface area contributed by atoms with Gasteiger partial charge in [0.05, 0.1) is 11.6 Å². The molecule has 162 valence electrons. The van der Waals surface area contributed by atoms with Gasteiger partial charge in [-0.3, -0.25) is 4.79 Å². The Labute approximate surface area is 174 Å². The van der Waals surface area contributed by atoms with Gasteiger partial charge >= 0.3 is 5.97 Å². The van der Waals surface area contributed by atoms with Gasteiger partial charge in [-0.05, 0) is 31.6 Å². The fraction of sp³-hybridized carbons (Fsp3) is 0.958. The summed E-state index contributed by atoms with van der Waals surface area (Å²) in [6, 6.07) is 0. The van der Waals surface area contributed by atoms with E-state index in [-0.39, 0.29) is 11.0 Å². The van der Waals surface area contributed by atoms with E-state index in [0.29, 0.717) is 12.5 Å². The monoisotopic (exact) mass is 398 g/mol. The van der Waals surface area contributed by atoms with Crippen LogP contribution in [0.15, 0.2) is 0 Å². The third-order valence-electron chi connectivity index (χ3n) is 6.38. The molecule has 0 aromatic heterocycles. The molecule has 2 unspecified atom stereocenters. The molecule has 3 heteroatoms. The quantitative estimate of drug-likeness (QED) is 0.133. The smallest absolute Gasteiger partial charge is 0.308 e. The van der Waals surface area contributed by atoms with Crippen LogP contribution in [-0.4, -0.2) is 22.8 Å². The number of hydrogen-bond donors (Lipinski definition) is 0. The fourth-order valence-electron chi connectivity index (χ4n) is 4.11. The number of carbonyl (C=O) groups excluding carboxylic acids is 1.